The lowest BCUT2D eigenvalue weighted by atomic mass is 10.1. The molecule has 1 fully saturated rings. The van der Waals surface area contributed by atoms with Crippen LogP contribution in [0.4, 0.5) is 0 Å². The number of rotatable bonds is 1. The van der Waals surface area contributed by atoms with Crippen molar-refractivity contribution in [1.82, 2.24) is 4.90 Å². The Labute approximate surface area is 99.6 Å². The lowest BCUT2D eigenvalue weighted by Gasteiger charge is -2.15. The Bertz CT molecular complexity index is 399. The van der Waals surface area contributed by atoms with Crippen molar-refractivity contribution in [1.29, 1.82) is 0 Å². The van der Waals surface area contributed by atoms with Crippen LogP contribution in [0.25, 0.3) is 0 Å². The first-order valence-electron chi connectivity index (χ1n) is 5.31. The predicted octanol–water partition coefficient (Wildman–Crippen LogP) is 1.86. The normalized spacial score (nSPS) is 20.2. The van der Waals surface area contributed by atoms with Gasteiger partial charge >= 0.3 is 0 Å². The van der Waals surface area contributed by atoms with Gasteiger partial charge in [0.05, 0.1) is 6.10 Å². The summed E-state index contributed by atoms with van der Waals surface area (Å²) in [7, 11) is 0. The van der Waals surface area contributed by atoms with Crippen LogP contribution in [0.1, 0.15) is 22.3 Å². The van der Waals surface area contributed by atoms with Gasteiger partial charge in [0.1, 0.15) is 0 Å². The first kappa shape index (κ1) is 11.4. The van der Waals surface area contributed by atoms with Crippen molar-refractivity contribution < 1.29 is 9.90 Å². The highest BCUT2D eigenvalue weighted by molar-refractivity contribution is 6.31. The molecule has 1 heterocycles. The Morgan fingerprint density at radius 3 is 2.81 bits per heavy atom. The molecule has 1 amide bonds. The standard InChI is InChI=1S/C12H14ClNO2/c1-8-4-9(6-10(13)5-8)12(16)14-3-2-11(15)7-14/h4-6,11,15H,2-3,7H2,1H3/t11-/m0/s1. The molecule has 1 aromatic carbocycles. The molecule has 0 spiro atoms. The fraction of sp³-hybridized carbons (Fsp3) is 0.417. The van der Waals surface area contributed by atoms with Crippen LogP contribution in [-0.4, -0.2) is 35.1 Å². The molecule has 0 aliphatic carbocycles. The summed E-state index contributed by atoms with van der Waals surface area (Å²) in [6.45, 7) is 2.94. The van der Waals surface area contributed by atoms with Crippen LogP contribution < -0.4 is 0 Å². The van der Waals surface area contributed by atoms with Gasteiger partial charge in [-0.25, -0.2) is 0 Å². The van der Waals surface area contributed by atoms with E-state index in [1.54, 1.807) is 11.0 Å². The van der Waals surface area contributed by atoms with Gasteiger partial charge in [0.25, 0.3) is 5.91 Å². The molecule has 3 nitrogen and oxygen atoms in total. The summed E-state index contributed by atoms with van der Waals surface area (Å²) < 4.78 is 0. The van der Waals surface area contributed by atoms with E-state index in [-0.39, 0.29) is 12.0 Å². The van der Waals surface area contributed by atoms with Crippen molar-refractivity contribution >= 4 is 17.5 Å². The lowest BCUT2D eigenvalue weighted by molar-refractivity contribution is 0.0765. The van der Waals surface area contributed by atoms with Crippen LogP contribution in [0.2, 0.25) is 5.02 Å². The molecule has 1 aromatic rings. The van der Waals surface area contributed by atoms with Gasteiger partial charge in [-0.15, -0.1) is 0 Å². The number of amides is 1. The van der Waals surface area contributed by atoms with Crippen LogP contribution in [0, 0.1) is 6.92 Å². The highest BCUT2D eigenvalue weighted by Crippen LogP contribution is 2.18. The number of β-amino-alcohol motifs (C(OH)–C–C–N with tert-alkyl or cyclic N) is 1. The molecule has 4 heteroatoms. The number of likely N-dealkylation sites (tertiary alicyclic amines) is 1. The van der Waals surface area contributed by atoms with Crippen molar-refractivity contribution in [2.75, 3.05) is 13.1 Å². The molecule has 0 radical (unpaired) electrons. The van der Waals surface area contributed by atoms with Gasteiger partial charge in [-0.1, -0.05) is 11.6 Å². The van der Waals surface area contributed by atoms with E-state index in [2.05, 4.69) is 0 Å². The molecule has 0 saturated carbocycles. The van der Waals surface area contributed by atoms with E-state index < -0.39 is 0 Å². The zero-order chi connectivity index (χ0) is 11.7. The molecular formula is C12H14ClNO2. The minimum absolute atomic E-state index is 0.0536. The van der Waals surface area contributed by atoms with E-state index in [1.165, 1.54) is 0 Å². The van der Waals surface area contributed by atoms with E-state index in [0.717, 1.165) is 5.56 Å². The highest BCUT2D eigenvalue weighted by atomic mass is 35.5. The smallest absolute Gasteiger partial charge is 0.254 e. The first-order valence-corrected chi connectivity index (χ1v) is 5.68. The van der Waals surface area contributed by atoms with Crippen LogP contribution >= 0.6 is 11.6 Å². The van der Waals surface area contributed by atoms with Gasteiger partial charge < -0.3 is 10.0 Å². The predicted molar refractivity (Wildman–Crippen MR) is 62.7 cm³/mol. The lowest BCUT2D eigenvalue weighted by Crippen LogP contribution is -2.29. The maximum atomic E-state index is 12.1. The van der Waals surface area contributed by atoms with Crippen molar-refractivity contribution in [3.8, 4) is 0 Å². The Hall–Kier alpha value is -1.06. The highest BCUT2D eigenvalue weighted by Gasteiger charge is 2.25. The minimum Gasteiger partial charge on any atom is -0.391 e. The molecule has 2 rings (SSSR count). The number of halogens is 1. The number of aliphatic hydroxyl groups excluding tert-OH is 1. The fourth-order valence-electron chi connectivity index (χ4n) is 1.97. The number of hydrogen-bond donors (Lipinski definition) is 1. The monoisotopic (exact) mass is 239 g/mol. The zero-order valence-electron chi connectivity index (χ0n) is 9.11. The molecular weight excluding hydrogens is 226 g/mol. The van der Waals surface area contributed by atoms with E-state index in [9.17, 15) is 9.90 Å². The number of hydrogen-bond acceptors (Lipinski definition) is 2. The van der Waals surface area contributed by atoms with Gasteiger partial charge in [-0.2, -0.15) is 0 Å². The zero-order valence-corrected chi connectivity index (χ0v) is 9.87. The van der Waals surface area contributed by atoms with E-state index in [4.69, 9.17) is 11.6 Å². The number of aryl methyl sites for hydroxylation is 1. The number of benzene rings is 1. The maximum Gasteiger partial charge on any atom is 0.254 e. The fourth-order valence-corrected chi connectivity index (χ4v) is 2.26. The second-order valence-corrected chi connectivity index (χ2v) is 4.65. The van der Waals surface area contributed by atoms with Gasteiger partial charge in [0, 0.05) is 23.7 Å². The Morgan fingerprint density at radius 1 is 1.50 bits per heavy atom. The summed E-state index contributed by atoms with van der Waals surface area (Å²) in [5.41, 5.74) is 1.56. The van der Waals surface area contributed by atoms with Crippen LogP contribution in [0.3, 0.4) is 0 Å². The molecule has 1 atom stereocenters. The maximum absolute atomic E-state index is 12.1. The Kier molecular flexibility index (Phi) is 3.17. The summed E-state index contributed by atoms with van der Waals surface area (Å²) in [4.78, 5) is 13.7. The number of aliphatic hydroxyl groups is 1. The topological polar surface area (TPSA) is 40.5 Å². The average molecular weight is 240 g/mol. The molecule has 1 N–H and O–H groups in total. The van der Waals surface area contributed by atoms with Crippen LogP contribution in [-0.2, 0) is 0 Å². The van der Waals surface area contributed by atoms with E-state index >= 15 is 0 Å². The molecule has 86 valence electrons. The first-order chi connectivity index (χ1) is 7.56. The SMILES string of the molecule is Cc1cc(Cl)cc(C(=O)N2CC[C@H](O)C2)c1. The van der Waals surface area contributed by atoms with Crippen molar-refractivity contribution in [2.24, 2.45) is 0 Å². The number of carbonyl (C=O) groups is 1. The second kappa shape index (κ2) is 4.44. The Morgan fingerprint density at radius 2 is 2.25 bits per heavy atom. The van der Waals surface area contributed by atoms with Gasteiger partial charge in [0.15, 0.2) is 0 Å². The summed E-state index contributed by atoms with van der Waals surface area (Å²) in [6, 6.07) is 5.30. The summed E-state index contributed by atoms with van der Waals surface area (Å²) in [5, 5.41) is 9.96. The van der Waals surface area contributed by atoms with Gasteiger partial charge in [-0.3, -0.25) is 4.79 Å². The second-order valence-electron chi connectivity index (χ2n) is 4.21. The molecule has 1 aliphatic rings. The number of nitrogens with zero attached hydrogens (tertiary/aromatic N) is 1. The summed E-state index contributed by atoms with van der Waals surface area (Å²) in [5.74, 6) is -0.0536. The van der Waals surface area contributed by atoms with Crippen molar-refractivity contribution in [2.45, 2.75) is 19.4 Å². The molecule has 1 saturated heterocycles. The average Bonchev–Trinajstić information content (AvgIpc) is 2.62. The third kappa shape index (κ3) is 2.36. The molecule has 0 unspecified atom stereocenters. The van der Waals surface area contributed by atoms with Crippen molar-refractivity contribution in [3.05, 3.63) is 34.3 Å². The molecule has 0 bridgehead atoms. The summed E-state index contributed by atoms with van der Waals surface area (Å²) in [6.07, 6.45) is 0.273. The van der Waals surface area contributed by atoms with E-state index in [0.29, 0.717) is 30.1 Å². The van der Waals surface area contributed by atoms with Crippen LogP contribution in [0.5, 0.6) is 0 Å². The molecule has 0 aromatic heterocycles. The Balaban J connectivity index is 2.20. The quantitative estimate of drug-likeness (QED) is 0.813. The molecule has 16 heavy (non-hydrogen) atoms. The number of carbonyl (C=O) groups excluding carboxylic acids is 1. The minimum atomic E-state index is -0.385. The van der Waals surface area contributed by atoms with Gasteiger partial charge in [-0.05, 0) is 37.1 Å². The van der Waals surface area contributed by atoms with Crippen molar-refractivity contribution in [3.63, 3.8) is 0 Å². The summed E-state index contributed by atoms with van der Waals surface area (Å²) >= 11 is 5.91. The molecule has 1 aliphatic heterocycles. The largest absolute Gasteiger partial charge is 0.391 e. The van der Waals surface area contributed by atoms with E-state index in [1.807, 2.05) is 19.1 Å². The third-order valence-electron chi connectivity index (χ3n) is 2.74. The third-order valence-corrected chi connectivity index (χ3v) is 2.96. The van der Waals surface area contributed by atoms with Crippen LogP contribution in [0.15, 0.2) is 18.2 Å². The van der Waals surface area contributed by atoms with Gasteiger partial charge in [0.2, 0.25) is 0 Å².